The number of carbonyl (C=O) groups excluding carboxylic acids is 1. The molecule has 0 bridgehead atoms. The van der Waals surface area contributed by atoms with Gasteiger partial charge in [0.1, 0.15) is 11.5 Å². The molecule has 1 N–H and O–H groups in total. The zero-order valence-corrected chi connectivity index (χ0v) is 16.8. The number of nitrogens with one attached hydrogen (secondary N) is 1. The zero-order chi connectivity index (χ0) is 19.9. The molecule has 0 saturated carbocycles. The van der Waals surface area contributed by atoms with Crippen LogP contribution < -0.4 is 14.8 Å². The summed E-state index contributed by atoms with van der Waals surface area (Å²) < 4.78 is 10.9. The first-order valence-corrected chi connectivity index (χ1v) is 10.1. The van der Waals surface area contributed by atoms with Gasteiger partial charge < -0.3 is 14.8 Å². The van der Waals surface area contributed by atoms with Gasteiger partial charge in [0.05, 0.1) is 35.4 Å². The summed E-state index contributed by atoms with van der Waals surface area (Å²) in [5, 5.41) is 13.7. The Hall–Kier alpha value is -2.62. The highest BCUT2D eigenvalue weighted by atomic mass is 35.5. The number of allylic oxidation sites excluding steroid dienone is 1. The number of nitrogens with zero attached hydrogens (tertiary/aromatic N) is 1. The van der Waals surface area contributed by atoms with Crippen LogP contribution in [0.25, 0.3) is 0 Å². The van der Waals surface area contributed by atoms with Crippen LogP contribution >= 0.6 is 23.4 Å². The molecule has 1 atom stereocenters. The predicted octanol–water partition coefficient (Wildman–Crippen LogP) is 4.50. The van der Waals surface area contributed by atoms with Gasteiger partial charge in [-0.1, -0.05) is 35.9 Å². The second kappa shape index (κ2) is 9.54. The minimum atomic E-state index is -0.267. The van der Waals surface area contributed by atoms with Crippen LogP contribution in [0.3, 0.4) is 0 Å². The van der Waals surface area contributed by atoms with Gasteiger partial charge in [0.25, 0.3) is 0 Å². The molecule has 5 nitrogen and oxygen atoms in total. The molecule has 3 rings (SSSR count). The summed E-state index contributed by atoms with van der Waals surface area (Å²) in [7, 11) is 1.60. The minimum absolute atomic E-state index is 0.102. The summed E-state index contributed by atoms with van der Waals surface area (Å²) in [6.07, 6.45) is 0.245. The SMILES string of the molecule is COc1ccc([C@@H]2CC(=O)NC(SCCOc3ccccc3Cl)=C2C#N)cc1. The molecule has 28 heavy (non-hydrogen) atoms. The lowest BCUT2D eigenvalue weighted by molar-refractivity contribution is -0.120. The lowest BCUT2D eigenvalue weighted by atomic mass is 9.87. The van der Waals surface area contributed by atoms with Gasteiger partial charge in [-0.25, -0.2) is 0 Å². The molecule has 144 valence electrons. The van der Waals surface area contributed by atoms with Crippen molar-refractivity contribution in [3.63, 3.8) is 0 Å². The van der Waals surface area contributed by atoms with Crippen LogP contribution in [-0.2, 0) is 4.79 Å². The fraction of sp³-hybridized carbons (Fsp3) is 0.238. The Morgan fingerprint density at radius 1 is 1.25 bits per heavy atom. The van der Waals surface area contributed by atoms with Crippen molar-refractivity contribution in [1.82, 2.24) is 5.32 Å². The molecule has 0 unspecified atom stereocenters. The molecule has 1 amide bonds. The average Bonchev–Trinajstić information content (AvgIpc) is 2.72. The maximum absolute atomic E-state index is 12.2. The lowest BCUT2D eigenvalue weighted by Gasteiger charge is -2.25. The van der Waals surface area contributed by atoms with E-state index in [0.717, 1.165) is 11.3 Å². The molecule has 0 radical (unpaired) electrons. The number of nitriles is 1. The van der Waals surface area contributed by atoms with E-state index in [2.05, 4.69) is 11.4 Å². The van der Waals surface area contributed by atoms with Crippen LogP contribution in [0.4, 0.5) is 0 Å². The molecular formula is C21H19ClN2O3S. The number of ether oxygens (including phenoxy) is 2. The number of thioether (sulfide) groups is 1. The van der Waals surface area contributed by atoms with Gasteiger partial charge in [-0.05, 0) is 29.8 Å². The Balaban J connectivity index is 1.70. The third-order valence-corrected chi connectivity index (χ3v) is 5.59. The van der Waals surface area contributed by atoms with Crippen molar-refractivity contribution >= 4 is 29.3 Å². The highest BCUT2D eigenvalue weighted by Gasteiger charge is 2.29. The molecule has 0 fully saturated rings. The minimum Gasteiger partial charge on any atom is -0.497 e. The van der Waals surface area contributed by atoms with E-state index in [1.54, 1.807) is 19.2 Å². The molecule has 0 saturated heterocycles. The number of para-hydroxylation sites is 1. The maximum atomic E-state index is 12.2. The summed E-state index contributed by atoms with van der Waals surface area (Å²) in [6.45, 7) is 0.402. The average molecular weight is 415 g/mol. The maximum Gasteiger partial charge on any atom is 0.225 e. The number of methoxy groups -OCH3 is 1. The number of rotatable bonds is 7. The smallest absolute Gasteiger partial charge is 0.225 e. The van der Waals surface area contributed by atoms with Gasteiger partial charge in [-0.15, -0.1) is 11.8 Å². The van der Waals surface area contributed by atoms with Gasteiger partial charge in [0.2, 0.25) is 5.91 Å². The molecule has 1 heterocycles. The van der Waals surface area contributed by atoms with Crippen molar-refractivity contribution in [3.8, 4) is 17.6 Å². The number of hydrogen-bond acceptors (Lipinski definition) is 5. The fourth-order valence-electron chi connectivity index (χ4n) is 2.91. The first-order valence-electron chi connectivity index (χ1n) is 8.70. The first kappa shape index (κ1) is 20.1. The van der Waals surface area contributed by atoms with Gasteiger partial charge >= 0.3 is 0 Å². The molecular weight excluding hydrogens is 396 g/mol. The van der Waals surface area contributed by atoms with Crippen LogP contribution in [0.1, 0.15) is 17.9 Å². The van der Waals surface area contributed by atoms with Gasteiger partial charge in [0, 0.05) is 18.1 Å². The Labute approximate surface area is 173 Å². The highest BCUT2D eigenvalue weighted by molar-refractivity contribution is 8.03. The van der Waals surface area contributed by atoms with E-state index in [9.17, 15) is 10.1 Å². The first-order chi connectivity index (χ1) is 13.6. The monoisotopic (exact) mass is 414 g/mol. The topological polar surface area (TPSA) is 71.3 Å². The van der Waals surface area contributed by atoms with E-state index in [1.807, 2.05) is 36.4 Å². The van der Waals surface area contributed by atoms with Crippen LogP contribution in [-0.4, -0.2) is 25.4 Å². The van der Waals surface area contributed by atoms with E-state index < -0.39 is 0 Å². The molecule has 2 aromatic carbocycles. The van der Waals surface area contributed by atoms with Crippen LogP contribution in [0.5, 0.6) is 11.5 Å². The fourth-order valence-corrected chi connectivity index (χ4v) is 4.00. The molecule has 0 aromatic heterocycles. The Morgan fingerprint density at radius 3 is 2.68 bits per heavy atom. The van der Waals surface area contributed by atoms with Gasteiger partial charge in [-0.3, -0.25) is 4.79 Å². The van der Waals surface area contributed by atoms with E-state index in [1.165, 1.54) is 11.8 Å². The standard InChI is InChI=1S/C21H19ClN2O3S/c1-26-15-8-6-14(7-9-15)16-12-20(25)24-21(17(16)13-23)28-11-10-27-19-5-3-2-4-18(19)22/h2-9,16H,10-12H2,1H3,(H,24,25)/t16-/m0/s1. The molecule has 7 heteroatoms. The Morgan fingerprint density at radius 2 is 2.00 bits per heavy atom. The second-order valence-corrected chi connectivity index (χ2v) is 7.57. The van der Waals surface area contributed by atoms with Gasteiger partial charge in [0.15, 0.2) is 0 Å². The number of benzene rings is 2. The third-order valence-electron chi connectivity index (χ3n) is 4.30. The summed E-state index contributed by atoms with van der Waals surface area (Å²) in [5.41, 5.74) is 1.48. The van der Waals surface area contributed by atoms with E-state index in [-0.39, 0.29) is 18.2 Å². The van der Waals surface area contributed by atoms with Crippen molar-refractivity contribution in [2.45, 2.75) is 12.3 Å². The van der Waals surface area contributed by atoms with Gasteiger partial charge in [-0.2, -0.15) is 5.26 Å². The summed E-state index contributed by atoms with van der Waals surface area (Å²) in [4.78, 5) is 12.2. The predicted molar refractivity (Wildman–Crippen MR) is 111 cm³/mol. The zero-order valence-electron chi connectivity index (χ0n) is 15.3. The summed E-state index contributed by atoms with van der Waals surface area (Å²) in [6, 6.07) is 17.0. The number of amides is 1. The Bertz CT molecular complexity index is 922. The second-order valence-electron chi connectivity index (χ2n) is 6.06. The number of halogens is 1. The van der Waals surface area contributed by atoms with Crippen molar-refractivity contribution in [2.75, 3.05) is 19.5 Å². The van der Waals surface area contributed by atoms with E-state index >= 15 is 0 Å². The molecule has 1 aliphatic rings. The van der Waals surface area contributed by atoms with E-state index in [0.29, 0.717) is 33.7 Å². The van der Waals surface area contributed by atoms with Crippen molar-refractivity contribution in [2.24, 2.45) is 0 Å². The lowest BCUT2D eigenvalue weighted by Crippen LogP contribution is -2.31. The van der Waals surface area contributed by atoms with Crippen LogP contribution in [0.2, 0.25) is 5.02 Å². The molecule has 1 aliphatic heterocycles. The number of carbonyl (C=O) groups is 1. The van der Waals surface area contributed by atoms with Crippen LogP contribution in [0.15, 0.2) is 59.1 Å². The largest absolute Gasteiger partial charge is 0.497 e. The highest BCUT2D eigenvalue weighted by Crippen LogP contribution is 2.36. The van der Waals surface area contributed by atoms with Crippen molar-refractivity contribution < 1.29 is 14.3 Å². The number of hydrogen-bond donors (Lipinski definition) is 1. The van der Waals surface area contributed by atoms with E-state index in [4.69, 9.17) is 21.1 Å². The van der Waals surface area contributed by atoms with Crippen molar-refractivity contribution in [3.05, 3.63) is 69.7 Å². The summed E-state index contributed by atoms with van der Waals surface area (Å²) in [5.74, 6) is 1.55. The van der Waals surface area contributed by atoms with Crippen molar-refractivity contribution in [1.29, 1.82) is 5.26 Å². The molecule has 2 aromatic rings. The Kier molecular flexibility index (Phi) is 6.85. The molecule has 0 aliphatic carbocycles. The third kappa shape index (κ3) is 4.80. The quantitative estimate of drug-likeness (QED) is 0.675. The normalized spacial score (nSPS) is 16.3. The summed E-state index contributed by atoms with van der Waals surface area (Å²) >= 11 is 7.47. The molecule has 0 spiro atoms. The van der Waals surface area contributed by atoms with Crippen LogP contribution in [0, 0.1) is 11.3 Å².